The Labute approximate surface area is 127 Å². The quantitative estimate of drug-likeness (QED) is 0.918. The second-order valence-electron chi connectivity index (χ2n) is 6.11. The number of hydrogen-bond acceptors (Lipinski definition) is 5. The molecule has 2 aromatic rings. The molecular weight excluding hydrogens is 288 g/mol. The van der Waals surface area contributed by atoms with Gasteiger partial charge in [0.15, 0.2) is 4.96 Å². The minimum atomic E-state index is -0.245. The molecular formula is C14H20N4O2S. The van der Waals surface area contributed by atoms with Crippen LogP contribution in [0.1, 0.15) is 26.5 Å². The summed E-state index contributed by atoms with van der Waals surface area (Å²) in [5, 5.41) is 4.74. The van der Waals surface area contributed by atoms with Gasteiger partial charge in [0.25, 0.3) is 5.56 Å². The normalized spacial score (nSPS) is 12.0. The van der Waals surface area contributed by atoms with Gasteiger partial charge in [-0.3, -0.25) is 18.9 Å². The SMILES string of the molecule is CN(CC(=O)NC(C)(C)C)Cc1cc(=O)n2ccsc2n1. The molecule has 114 valence electrons. The molecule has 2 aromatic heterocycles. The molecule has 0 bridgehead atoms. The fourth-order valence-corrected chi connectivity index (χ4v) is 2.74. The molecule has 0 saturated carbocycles. The zero-order valence-electron chi connectivity index (χ0n) is 12.7. The maximum atomic E-state index is 11.9. The van der Waals surface area contributed by atoms with Crippen LogP contribution in [0.25, 0.3) is 4.96 Å². The van der Waals surface area contributed by atoms with Crippen molar-refractivity contribution in [3.05, 3.63) is 33.7 Å². The van der Waals surface area contributed by atoms with Crippen molar-refractivity contribution in [2.75, 3.05) is 13.6 Å². The largest absolute Gasteiger partial charge is 0.350 e. The number of rotatable bonds is 4. The van der Waals surface area contributed by atoms with Crippen molar-refractivity contribution in [2.24, 2.45) is 0 Å². The molecule has 7 heteroatoms. The molecule has 21 heavy (non-hydrogen) atoms. The lowest BCUT2D eigenvalue weighted by atomic mass is 10.1. The average molecular weight is 308 g/mol. The van der Waals surface area contributed by atoms with Crippen LogP contribution in [0.2, 0.25) is 0 Å². The highest BCUT2D eigenvalue weighted by atomic mass is 32.1. The number of carbonyl (C=O) groups excluding carboxylic acids is 1. The van der Waals surface area contributed by atoms with Crippen LogP contribution in [-0.2, 0) is 11.3 Å². The van der Waals surface area contributed by atoms with Crippen molar-refractivity contribution in [1.82, 2.24) is 19.6 Å². The van der Waals surface area contributed by atoms with Crippen LogP contribution in [-0.4, -0.2) is 39.3 Å². The van der Waals surface area contributed by atoms with Gasteiger partial charge in [0, 0.05) is 29.7 Å². The summed E-state index contributed by atoms with van der Waals surface area (Å²) in [6.07, 6.45) is 1.71. The molecule has 0 unspecified atom stereocenters. The van der Waals surface area contributed by atoms with Crippen molar-refractivity contribution in [3.8, 4) is 0 Å². The number of likely N-dealkylation sites (N-methyl/N-ethyl adjacent to an activating group) is 1. The molecule has 0 atom stereocenters. The highest BCUT2D eigenvalue weighted by Crippen LogP contribution is 2.07. The molecule has 1 N–H and O–H groups in total. The van der Waals surface area contributed by atoms with Crippen molar-refractivity contribution in [3.63, 3.8) is 0 Å². The van der Waals surface area contributed by atoms with Gasteiger partial charge in [-0.05, 0) is 27.8 Å². The average Bonchev–Trinajstić information content (AvgIpc) is 2.73. The van der Waals surface area contributed by atoms with E-state index in [1.54, 1.807) is 6.20 Å². The van der Waals surface area contributed by atoms with E-state index in [-0.39, 0.29) is 23.6 Å². The Morgan fingerprint density at radius 3 is 2.86 bits per heavy atom. The summed E-state index contributed by atoms with van der Waals surface area (Å²) in [5.41, 5.74) is 0.336. The zero-order valence-corrected chi connectivity index (χ0v) is 13.5. The summed E-state index contributed by atoms with van der Waals surface area (Å²) in [5.74, 6) is -0.0427. The molecule has 0 saturated heterocycles. The number of hydrogen-bond donors (Lipinski definition) is 1. The number of fused-ring (bicyclic) bond motifs is 1. The summed E-state index contributed by atoms with van der Waals surface area (Å²) in [6, 6.07) is 1.51. The van der Waals surface area contributed by atoms with Crippen LogP contribution < -0.4 is 10.9 Å². The summed E-state index contributed by atoms with van der Waals surface area (Å²) in [7, 11) is 1.83. The van der Waals surface area contributed by atoms with Crippen LogP contribution in [0, 0.1) is 0 Å². The summed E-state index contributed by atoms with van der Waals surface area (Å²) >= 11 is 1.42. The predicted octanol–water partition coefficient (Wildman–Crippen LogP) is 1.10. The van der Waals surface area contributed by atoms with E-state index in [4.69, 9.17) is 0 Å². The smallest absolute Gasteiger partial charge is 0.258 e. The fraction of sp³-hybridized carbons (Fsp3) is 0.500. The second-order valence-corrected chi connectivity index (χ2v) is 6.98. The molecule has 0 aromatic carbocycles. The molecule has 0 aliphatic carbocycles. The molecule has 2 heterocycles. The summed E-state index contributed by atoms with van der Waals surface area (Å²) in [4.78, 5) is 30.7. The van der Waals surface area contributed by atoms with Crippen molar-refractivity contribution >= 4 is 22.2 Å². The van der Waals surface area contributed by atoms with Gasteiger partial charge in [-0.2, -0.15) is 0 Å². The Morgan fingerprint density at radius 1 is 1.48 bits per heavy atom. The highest BCUT2D eigenvalue weighted by molar-refractivity contribution is 7.15. The van der Waals surface area contributed by atoms with E-state index in [1.165, 1.54) is 21.8 Å². The lowest BCUT2D eigenvalue weighted by Gasteiger charge is -2.23. The van der Waals surface area contributed by atoms with E-state index in [0.29, 0.717) is 17.2 Å². The second kappa shape index (κ2) is 5.95. The molecule has 0 radical (unpaired) electrons. The molecule has 0 aliphatic rings. The van der Waals surface area contributed by atoms with E-state index in [1.807, 2.05) is 38.1 Å². The summed E-state index contributed by atoms with van der Waals surface area (Å²) < 4.78 is 1.51. The van der Waals surface area contributed by atoms with Crippen molar-refractivity contribution < 1.29 is 4.79 Å². The van der Waals surface area contributed by atoms with Gasteiger partial charge >= 0.3 is 0 Å². The molecule has 2 rings (SSSR count). The van der Waals surface area contributed by atoms with Gasteiger partial charge in [-0.15, -0.1) is 11.3 Å². The topological polar surface area (TPSA) is 66.7 Å². The number of amides is 1. The van der Waals surface area contributed by atoms with E-state index in [9.17, 15) is 9.59 Å². The minimum absolute atomic E-state index is 0.0427. The Bertz CT molecular complexity index is 699. The summed E-state index contributed by atoms with van der Waals surface area (Å²) in [6.45, 7) is 6.55. The first kappa shape index (κ1) is 15.7. The third kappa shape index (κ3) is 4.37. The number of aromatic nitrogens is 2. The van der Waals surface area contributed by atoms with Crippen LogP contribution in [0.3, 0.4) is 0 Å². The van der Waals surface area contributed by atoms with Gasteiger partial charge < -0.3 is 5.32 Å². The van der Waals surface area contributed by atoms with E-state index in [0.717, 1.165) is 0 Å². The van der Waals surface area contributed by atoms with Gasteiger partial charge in [0.2, 0.25) is 5.91 Å². The first-order valence-electron chi connectivity index (χ1n) is 6.70. The number of nitrogens with zero attached hydrogens (tertiary/aromatic N) is 3. The highest BCUT2D eigenvalue weighted by Gasteiger charge is 2.15. The number of carbonyl (C=O) groups is 1. The Morgan fingerprint density at radius 2 is 2.19 bits per heavy atom. The van der Waals surface area contributed by atoms with Crippen LogP contribution in [0.4, 0.5) is 0 Å². The standard InChI is InChI=1S/C14H20N4O2S/c1-14(2,3)16-11(19)9-17(4)8-10-7-12(20)18-5-6-21-13(18)15-10/h5-7H,8-9H2,1-4H3,(H,16,19). The third-order valence-electron chi connectivity index (χ3n) is 2.72. The van der Waals surface area contributed by atoms with E-state index < -0.39 is 0 Å². The monoisotopic (exact) mass is 308 g/mol. The number of thiazole rings is 1. The fourth-order valence-electron chi connectivity index (χ4n) is 2.00. The Hall–Kier alpha value is -1.73. The lowest BCUT2D eigenvalue weighted by Crippen LogP contribution is -2.45. The third-order valence-corrected chi connectivity index (χ3v) is 3.47. The first-order chi connectivity index (χ1) is 9.74. The van der Waals surface area contributed by atoms with Crippen LogP contribution >= 0.6 is 11.3 Å². The minimum Gasteiger partial charge on any atom is -0.350 e. The zero-order chi connectivity index (χ0) is 15.6. The molecule has 6 nitrogen and oxygen atoms in total. The molecule has 0 aliphatic heterocycles. The van der Waals surface area contributed by atoms with Crippen LogP contribution in [0.15, 0.2) is 22.4 Å². The van der Waals surface area contributed by atoms with Gasteiger partial charge in [-0.25, -0.2) is 4.98 Å². The van der Waals surface area contributed by atoms with Gasteiger partial charge in [0.1, 0.15) is 0 Å². The number of nitrogens with one attached hydrogen (secondary N) is 1. The molecule has 0 spiro atoms. The maximum Gasteiger partial charge on any atom is 0.258 e. The van der Waals surface area contributed by atoms with Crippen molar-refractivity contribution in [2.45, 2.75) is 32.9 Å². The van der Waals surface area contributed by atoms with Gasteiger partial charge in [0.05, 0.1) is 12.2 Å². The molecule has 0 fully saturated rings. The van der Waals surface area contributed by atoms with Crippen molar-refractivity contribution in [1.29, 1.82) is 0 Å². The predicted molar refractivity (Wildman–Crippen MR) is 83.6 cm³/mol. The maximum absolute atomic E-state index is 11.9. The first-order valence-corrected chi connectivity index (χ1v) is 7.58. The molecule has 1 amide bonds. The Kier molecular flexibility index (Phi) is 4.43. The van der Waals surface area contributed by atoms with Gasteiger partial charge in [-0.1, -0.05) is 0 Å². The van der Waals surface area contributed by atoms with Crippen LogP contribution in [0.5, 0.6) is 0 Å². The van der Waals surface area contributed by atoms with E-state index >= 15 is 0 Å². The lowest BCUT2D eigenvalue weighted by molar-refractivity contribution is -0.123. The Balaban J connectivity index is 2.02. The van der Waals surface area contributed by atoms with E-state index in [2.05, 4.69) is 10.3 Å².